The average Bonchev–Trinajstić information content (AvgIpc) is 2.41. The summed E-state index contributed by atoms with van der Waals surface area (Å²) >= 11 is 0. The largest absolute Gasteiger partial charge is 0.494 e. The lowest BCUT2D eigenvalue weighted by Crippen LogP contribution is -2.35. The number of rotatable bonds is 9. The monoisotopic (exact) mass is 279 g/mol. The lowest BCUT2D eigenvalue weighted by molar-refractivity contribution is 0.273. The van der Waals surface area contributed by atoms with Crippen LogP contribution in [-0.4, -0.2) is 23.9 Å². The Morgan fingerprint density at radius 3 is 2.25 bits per heavy atom. The molecule has 114 valence electrons. The predicted molar refractivity (Wildman–Crippen MR) is 84.1 cm³/mol. The summed E-state index contributed by atoms with van der Waals surface area (Å²) in [7, 11) is 0. The van der Waals surface area contributed by atoms with Crippen molar-refractivity contribution in [3.05, 3.63) is 29.8 Å². The van der Waals surface area contributed by atoms with Gasteiger partial charge in [-0.3, -0.25) is 0 Å². The van der Waals surface area contributed by atoms with E-state index in [1.54, 1.807) is 0 Å². The molecule has 0 radical (unpaired) electrons. The highest BCUT2D eigenvalue weighted by molar-refractivity contribution is 5.27. The van der Waals surface area contributed by atoms with Gasteiger partial charge in [0, 0.05) is 18.7 Å². The molecule has 0 saturated carbocycles. The molecule has 0 saturated heterocycles. The highest BCUT2D eigenvalue weighted by atomic mass is 16.5. The molecule has 0 aliphatic rings. The van der Waals surface area contributed by atoms with Gasteiger partial charge in [-0.25, -0.2) is 0 Å². The summed E-state index contributed by atoms with van der Waals surface area (Å²) in [6, 6.07) is 8.29. The van der Waals surface area contributed by atoms with E-state index in [0.29, 0.717) is 6.61 Å². The molecule has 0 bridgehead atoms. The van der Waals surface area contributed by atoms with Crippen LogP contribution in [0, 0.1) is 0 Å². The summed E-state index contributed by atoms with van der Waals surface area (Å²) in [4.78, 5) is 0. The topological polar surface area (TPSA) is 41.5 Å². The van der Waals surface area contributed by atoms with Gasteiger partial charge in [-0.1, -0.05) is 18.6 Å². The van der Waals surface area contributed by atoms with Crippen molar-refractivity contribution in [3.63, 3.8) is 0 Å². The lowest BCUT2D eigenvalue weighted by atomic mass is 10.1. The molecular weight excluding hydrogens is 250 g/mol. The van der Waals surface area contributed by atoms with Gasteiger partial charge in [-0.2, -0.15) is 0 Å². The first-order valence-corrected chi connectivity index (χ1v) is 7.59. The Morgan fingerprint density at radius 1 is 1.00 bits per heavy atom. The highest BCUT2D eigenvalue weighted by Crippen LogP contribution is 2.13. The van der Waals surface area contributed by atoms with Crippen molar-refractivity contribution < 1.29 is 9.84 Å². The number of aliphatic hydroxyl groups is 1. The summed E-state index contributed by atoms with van der Waals surface area (Å²) < 4.78 is 5.70. The maximum atomic E-state index is 8.68. The number of benzene rings is 1. The average molecular weight is 279 g/mol. The van der Waals surface area contributed by atoms with Crippen molar-refractivity contribution in [2.75, 3.05) is 13.2 Å². The van der Waals surface area contributed by atoms with E-state index in [1.165, 1.54) is 5.56 Å². The van der Waals surface area contributed by atoms with Crippen LogP contribution in [0.1, 0.15) is 52.0 Å². The quantitative estimate of drug-likeness (QED) is 0.680. The Labute approximate surface area is 123 Å². The zero-order valence-electron chi connectivity index (χ0n) is 13.1. The molecule has 20 heavy (non-hydrogen) atoms. The molecule has 1 aromatic carbocycles. The van der Waals surface area contributed by atoms with Gasteiger partial charge in [0.1, 0.15) is 5.75 Å². The Hall–Kier alpha value is -1.06. The Kier molecular flexibility index (Phi) is 7.63. The summed E-state index contributed by atoms with van der Waals surface area (Å²) in [5, 5.41) is 12.2. The van der Waals surface area contributed by atoms with Gasteiger partial charge in [0.2, 0.25) is 0 Å². The fraction of sp³-hybridized carbons (Fsp3) is 0.647. The molecule has 3 nitrogen and oxygen atoms in total. The number of ether oxygens (including phenoxy) is 1. The number of aliphatic hydroxyl groups excluding tert-OH is 1. The van der Waals surface area contributed by atoms with E-state index >= 15 is 0 Å². The molecule has 0 fully saturated rings. The third-order valence-electron chi connectivity index (χ3n) is 3.07. The van der Waals surface area contributed by atoms with Crippen molar-refractivity contribution in [2.45, 2.75) is 58.5 Å². The molecular formula is C17H29NO2. The van der Waals surface area contributed by atoms with Gasteiger partial charge in [-0.15, -0.1) is 0 Å². The molecule has 0 unspecified atom stereocenters. The lowest BCUT2D eigenvalue weighted by Gasteiger charge is -2.20. The summed E-state index contributed by atoms with van der Waals surface area (Å²) in [5.74, 6) is 0.937. The van der Waals surface area contributed by atoms with E-state index < -0.39 is 0 Å². The number of hydrogen-bond acceptors (Lipinski definition) is 3. The molecule has 0 spiro atoms. The van der Waals surface area contributed by atoms with Crippen LogP contribution in [0.15, 0.2) is 24.3 Å². The van der Waals surface area contributed by atoms with Crippen LogP contribution in [-0.2, 0) is 6.54 Å². The zero-order chi connectivity index (χ0) is 14.8. The van der Waals surface area contributed by atoms with E-state index in [1.807, 2.05) is 12.1 Å². The van der Waals surface area contributed by atoms with E-state index in [0.717, 1.165) is 44.6 Å². The van der Waals surface area contributed by atoms with Crippen LogP contribution < -0.4 is 10.1 Å². The number of hydrogen-bond donors (Lipinski definition) is 2. The van der Waals surface area contributed by atoms with E-state index in [4.69, 9.17) is 9.84 Å². The third-order valence-corrected chi connectivity index (χ3v) is 3.07. The smallest absolute Gasteiger partial charge is 0.119 e. The molecule has 0 aliphatic heterocycles. The molecule has 0 aliphatic carbocycles. The van der Waals surface area contributed by atoms with Gasteiger partial charge in [0.25, 0.3) is 0 Å². The molecule has 2 N–H and O–H groups in total. The van der Waals surface area contributed by atoms with Crippen molar-refractivity contribution in [2.24, 2.45) is 0 Å². The number of unbranched alkanes of at least 4 members (excludes halogenated alkanes) is 3. The molecule has 0 heterocycles. The molecule has 1 rings (SSSR count). The minimum atomic E-state index is 0.143. The van der Waals surface area contributed by atoms with Crippen molar-refractivity contribution >= 4 is 0 Å². The fourth-order valence-electron chi connectivity index (χ4n) is 1.83. The van der Waals surface area contributed by atoms with Crippen LogP contribution in [0.2, 0.25) is 0 Å². The van der Waals surface area contributed by atoms with Crippen LogP contribution >= 0.6 is 0 Å². The Bertz CT molecular complexity index is 354. The van der Waals surface area contributed by atoms with Gasteiger partial charge < -0.3 is 15.2 Å². The Morgan fingerprint density at radius 2 is 1.65 bits per heavy atom. The van der Waals surface area contributed by atoms with E-state index in [9.17, 15) is 0 Å². The Balaban J connectivity index is 2.21. The van der Waals surface area contributed by atoms with Gasteiger partial charge >= 0.3 is 0 Å². The summed E-state index contributed by atoms with van der Waals surface area (Å²) in [5.41, 5.74) is 1.42. The van der Waals surface area contributed by atoms with E-state index in [-0.39, 0.29) is 5.54 Å². The second-order valence-corrected chi connectivity index (χ2v) is 6.23. The maximum Gasteiger partial charge on any atom is 0.119 e. The van der Waals surface area contributed by atoms with Crippen molar-refractivity contribution in [3.8, 4) is 5.75 Å². The molecule has 3 heteroatoms. The third kappa shape index (κ3) is 8.18. The van der Waals surface area contributed by atoms with Crippen LogP contribution in [0.3, 0.4) is 0 Å². The first kappa shape index (κ1) is 17.0. The van der Waals surface area contributed by atoms with Crippen LogP contribution in [0.25, 0.3) is 0 Å². The molecule has 1 aromatic rings. The second kappa shape index (κ2) is 8.98. The highest BCUT2D eigenvalue weighted by Gasteiger charge is 2.08. The molecule has 0 amide bonds. The summed E-state index contributed by atoms with van der Waals surface area (Å²) in [6.45, 7) is 8.44. The fourth-order valence-corrected chi connectivity index (χ4v) is 1.83. The minimum Gasteiger partial charge on any atom is -0.494 e. The van der Waals surface area contributed by atoms with Gasteiger partial charge in [0.05, 0.1) is 6.61 Å². The van der Waals surface area contributed by atoms with Gasteiger partial charge in [-0.05, 0) is 57.7 Å². The number of nitrogens with one attached hydrogen (secondary N) is 1. The van der Waals surface area contributed by atoms with Crippen LogP contribution in [0.5, 0.6) is 5.75 Å². The first-order chi connectivity index (χ1) is 9.51. The molecule has 0 atom stereocenters. The standard InChI is InChI=1S/C17H29NO2/c1-17(2,3)18-14-15-8-10-16(11-9-15)20-13-7-5-4-6-12-19/h8-11,18-19H,4-7,12-14H2,1-3H3. The maximum absolute atomic E-state index is 8.68. The first-order valence-electron chi connectivity index (χ1n) is 7.59. The SMILES string of the molecule is CC(C)(C)NCc1ccc(OCCCCCCO)cc1. The van der Waals surface area contributed by atoms with Crippen molar-refractivity contribution in [1.29, 1.82) is 0 Å². The van der Waals surface area contributed by atoms with Gasteiger partial charge in [0.15, 0.2) is 0 Å². The zero-order valence-corrected chi connectivity index (χ0v) is 13.1. The predicted octanol–water partition coefficient (Wildman–Crippen LogP) is 3.51. The summed E-state index contributed by atoms with van der Waals surface area (Å²) in [6.07, 6.45) is 4.15. The van der Waals surface area contributed by atoms with Crippen LogP contribution in [0.4, 0.5) is 0 Å². The normalized spacial score (nSPS) is 11.6. The van der Waals surface area contributed by atoms with Crippen molar-refractivity contribution in [1.82, 2.24) is 5.32 Å². The second-order valence-electron chi connectivity index (χ2n) is 6.23. The minimum absolute atomic E-state index is 0.143. The van der Waals surface area contributed by atoms with E-state index in [2.05, 4.69) is 38.2 Å². The molecule has 0 aromatic heterocycles.